The number of aromatic nitrogens is 2. The van der Waals surface area contributed by atoms with Gasteiger partial charge < -0.3 is 5.73 Å². The molecule has 0 saturated heterocycles. The van der Waals surface area contributed by atoms with Gasteiger partial charge in [0.05, 0.1) is 0 Å². The lowest BCUT2D eigenvalue weighted by Crippen LogP contribution is -2.11. The average molecular weight is 191 g/mol. The molecular formula is C11H17N3. The van der Waals surface area contributed by atoms with E-state index in [-0.39, 0.29) is 0 Å². The first-order valence-corrected chi connectivity index (χ1v) is 5.43. The van der Waals surface area contributed by atoms with E-state index in [9.17, 15) is 0 Å². The van der Waals surface area contributed by atoms with Crippen molar-refractivity contribution in [1.82, 2.24) is 9.97 Å². The van der Waals surface area contributed by atoms with Gasteiger partial charge in [0, 0.05) is 11.4 Å². The molecule has 0 aliphatic heterocycles. The highest BCUT2D eigenvalue weighted by atomic mass is 14.8. The summed E-state index contributed by atoms with van der Waals surface area (Å²) in [6.07, 6.45) is 8.61. The third-order valence-corrected chi connectivity index (χ3v) is 2.83. The lowest BCUT2D eigenvalue weighted by molar-refractivity contribution is 0.645. The Kier molecular flexibility index (Phi) is 3.09. The molecule has 0 bridgehead atoms. The monoisotopic (exact) mass is 191 g/mol. The molecule has 1 aromatic heterocycles. The molecular weight excluding hydrogens is 174 g/mol. The van der Waals surface area contributed by atoms with Gasteiger partial charge in [-0.3, -0.25) is 0 Å². The Bertz CT molecular complexity index is 309. The van der Waals surface area contributed by atoms with Crippen LogP contribution in [0.5, 0.6) is 0 Å². The van der Waals surface area contributed by atoms with Gasteiger partial charge in [-0.25, -0.2) is 9.97 Å². The van der Waals surface area contributed by atoms with Gasteiger partial charge in [-0.15, -0.1) is 0 Å². The van der Waals surface area contributed by atoms with Crippen molar-refractivity contribution < 1.29 is 0 Å². The number of hydrogen-bond acceptors (Lipinski definition) is 3. The highest BCUT2D eigenvalue weighted by Gasteiger charge is 2.14. The first-order chi connectivity index (χ1) is 6.92. The molecule has 0 amide bonds. The van der Waals surface area contributed by atoms with Gasteiger partial charge in [-0.2, -0.15) is 0 Å². The molecule has 1 heterocycles. The van der Waals surface area contributed by atoms with Crippen molar-refractivity contribution in [2.24, 2.45) is 5.73 Å². The van der Waals surface area contributed by atoms with E-state index in [1.54, 1.807) is 6.33 Å². The average Bonchev–Trinajstić information content (AvgIpc) is 2.26. The summed E-state index contributed by atoms with van der Waals surface area (Å²) in [4.78, 5) is 8.71. The Balaban J connectivity index is 2.21. The van der Waals surface area contributed by atoms with E-state index >= 15 is 0 Å². The number of nitrogens with two attached hydrogens (primary N) is 1. The van der Waals surface area contributed by atoms with Crippen molar-refractivity contribution in [1.29, 1.82) is 0 Å². The van der Waals surface area contributed by atoms with E-state index in [1.165, 1.54) is 29.8 Å². The largest absolute Gasteiger partial charge is 0.330 e. The Hall–Kier alpha value is -0.960. The molecule has 2 N–H and O–H groups in total. The first kappa shape index (κ1) is 9.59. The maximum Gasteiger partial charge on any atom is 0.115 e. The minimum atomic E-state index is 0.749. The van der Waals surface area contributed by atoms with E-state index in [0.29, 0.717) is 0 Å². The molecule has 1 aliphatic rings. The minimum absolute atomic E-state index is 0.749. The molecule has 0 atom stereocenters. The predicted octanol–water partition coefficient (Wildman–Crippen LogP) is 1.25. The topological polar surface area (TPSA) is 51.8 Å². The fourth-order valence-corrected chi connectivity index (χ4v) is 2.07. The number of fused-ring (bicyclic) bond motifs is 1. The third-order valence-electron chi connectivity index (χ3n) is 2.83. The molecule has 0 radical (unpaired) electrons. The van der Waals surface area contributed by atoms with Crippen LogP contribution in [0.25, 0.3) is 0 Å². The highest BCUT2D eigenvalue weighted by molar-refractivity contribution is 5.27. The van der Waals surface area contributed by atoms with Crippen LogP contribution in [-0.2, 0) is 19.3 Å². The van der Waals surface area contributed by atoms with E-state index in [0.717, 1.165) is 32.2 Å². The number of nitrogens with zero attached hydrogens (tertiary/aromatic N) is 2. The highest BCUT2D eigenvalue weighted by Crippen LogP contribution is 2.21. The van der Waals surface area contributed by atoms with Gasteiger partial charge in [-0.05, 0) is 50.6 Å². The Morgan fingerprint density at radius 3 is 2.93 bits per heavy atom. The summed E-state index contributed by atoms with van der Waals surface area (Å²) >= 11 is 0. The molecule has 0 aromatic carbocycles. The molecule has 3 nitrogen and oxygen atoms in total. The van der Waals surface area contributed by atoms with Crippen LogP contribution in [0, 0.1) is 0 Å². The van der Waals surface area contributed by atoms with Crippen molar-refractivity contribution in [3.63, 3.8) is 0 Å². The normalized spacial score (nSPS) is 15.2. The Labute approximate surface area is 84.8 Å². The second-order valence-corrected chi connectivity index (χ2v) is 3.84. The Morgan fingerprint density at radius 1 is 1.21 bits per heavy atom. The zero-order chi connectivity index (χ0) is 9.80. The van der Waals surface area contributed by atoms with Crippen LogP contribution in [0.2, 0.25) is 0 Å². The fraction of sp³-hybridized carbons (Fsp3) is 0.636. The maximum absolute atomic E-state index is 5.51. The summed E-state index contributed by atoms with van der Waals surface area (Å²) < 4.78 is 0. The van der Waals surface area contributed by atoms with Crippen molar-refractivity contribution in [3.05, 3.63) is 23.3 Å². The van der Waals surface area contributed by atoms with Crippen LogP contribution in [-0.4, -0.2) is 16.5 Å². The van der Waals surface area contributed by atoms with Crippen molar-refractivity contribution in [3.8, 4) is 0 Å². The van der Waals surface area contributed by atoms with Crippen LogP contribution in [0.15, 0.2) is 6.33 Å². The SMILES string of the molecule is NCCCc1ncnc2c1CCCC2. The fourth-order valence-electron chi connectivity index (χ4n) is 2.07. The van der Waals surface area contributed by atoms with Gasteiger partial charge >= 0.3 is 0 Å². The molecule has 1 aromatic rings. The molecule has 0 fully saturated rings. The Morgan fingerprint density at radius 2 is 2.07 bits per heavy atom. The number of hydrogen-bond donors (Lipinski definition) is 1. The molecule has 0 unspecified atom stereocenters. The van der Waals surface area contributed by atoms with E-state index in [2.05, 4.69) is 9.97 Å². The van der Waals surface area contributed by atoms with Gasteiger partial charge in [0.2, 0.25) is 0 Å². The van der Waals surface area contributed by atoms with Crippen molar-refractivity contribution in [2.75, 3.05) is 6.54 Å². The standard InChI is InChI=1S/C11H17N3/c12-7-3-6-11-9-4-1-2-5-10(9)13-8-14-11/h8H,1-7,12H2. The first-order valence-electron chi connectivity index (χ1n) is 5.43. The maximum atomic E-state index is 5.51. The second kappa shape index (κ2) is 4.51. The summed E-state index contributed by atoms with van der Waals surface area (Å²) in [6.45, 7) is 0.749. The lowest BCUT2D eigenvalue weighted by atomic mass is 9.93. The summed E-state index contributed by atoms with van der Waals surface area (Å²) in [5, 5.41) is 0. The summed E-state index contributed by atoms with van der Waals surface area (Å²) in [6, 6.07) is 0. The van der Waals surface area contributed by atoms with Gasteiger partial charge in [-0.1, -0.05) is 0 Å². The van der Waals surface area contributed by atoms with Crippen LogP contribution in [0.4, 0.5) is 0 Å². The molecule has 14 heavy (non-hydrogen) atoms. The van der Waals surface area contributed by atoms with E-state index in [1.807, 2.05) is 0 Å². The van der Waals surface area contributed by atoms with Gasteiger partial charge in [0.1, 0.15) is 6.33 Å². The number of rotatable bonds is 3. The van der Waals surface area contributed by atoms with Crippen molar-refractivity contribution >= 4 is 0 Å². The number of aryl methyl sites for hydroxylation is 2. The second-order valence-electron chi connectivity index (χ2n) is 3.84. The van der Waals surface area contributed by atoms with Crippen LogP contribution in [0.3, 0.4) is 0 Å². The molecule has 2 rings (SSSR count). The predicted molar refractivity (Wildman–Crippen MR) is 56.0 cm³/mol. The minimum Gasteiger partial charge on any atom is -0.330 e. The van der Waals surface area contributed by atoms with E-state index < -0.39 is 0 Å². The zero-order valence-corrected chi connectivity index (χ0v) is 8.50. The molecule has 0 saturated carbocycles. The summed E-state index contributed by atoms with van der Waals surface area (Å²) in [7, 11) is 0. The molecule has 3 heteroatoms. The van der Waals surface area contributed by atoms with Crippen LogP contribution in [0.1, 0.15) is 36.2 Å². The zero-order valence-electron chi connectivity index (χ0n) is 8.50. The van der Waals surface area contributed by atoms with Crippen LogP contribution >= 0.6 is 0 Å². The molecule has 0 spiro atoms. The summed E-state index contributed by atoms with van der Waals surface area (Å²) in [5.41, 5.74) is 9.43. The summed E-state index contributed by atoms with van der Waals surface area (Å²) in [5.74, 6) is 0. The molecule has 76 valence electrons. The third kappa shape index (κ3) is 1.93. The van der Waals surface area contributed by atoms with Gasteiger partial charge in [0.15, 0.2) is 0 Å². The quantitative estimate of drug-likeness (QED) is 0.782. The lowest BCUT2D eigenvalue weighted by Gasteiger charge is -2.16. The van der Waals surface area contributed by atoms with E-state index in [4.69, 9.17) is 5.73 Å². The molecule has 1 aliphatic carbocycles. The smallest absolute Gasteiger partial charge is 0.115 e. The van der Waals surface area contributed by atoms with Crippen LogP contribution < -0.4 is 5.73 Å². The van der Waals surface area contributed by atoms with Crippen molar-refractivity contribution in [2.45, 2.75) is 38.5 Å². The van der Waals surface area contributed by atoms with Gasteiger partial charge in [0.25, 0.3) is 0 Å².